The van der Waals surface area contributed by atoms with Gasteiger partial charge in [0.25, 0.3) is 0 Å². The van der Waals surface area contributed by atoms with Crippen molar-refractivity contribution in [2.24, 2.45) is 17.3 Å². The molecular weight excluding hydrogens is 328 g/mol. The second kappa shape index (κ2) is 5.28. The van der Waals surface area contributed by atoms with E-state index in [4.69, 9.17) is 0 Å². The molecule has 1 saturated carbocycles. The van der Waals surface area contributed by atoms with E-state index in [0.717, 1.165) is 10.0 Å². The first kappa shape index (κ1) is 16.3. The minimum Gasteiger partial charge on any atom is -0.481 e. The minimum atomic E-state index is -0.704. The molecular formula is C18H23BrO2. The molecule has 2 rings (SSSR count). The van der Waals surface area contributed by atoms with Crippen molar-refractivity contribution in [3.8, 4) is 0 Å². The van der Waals surface area contributed by atoms with Crippen molar-refractivity contribution in [2.75, 3.05) is 0 Å². The van der Waals surface area contributed by atoms with Crippen molar-refractivity contribution in [2.45, 2.75) is 40.0 Å². The van der Waals surface area contributed by atoms with Crippen LogP contribution in [-0.4, -0.2) is 11.1 Å². The molecule has 2 unspecified atom stereocenters. The Morgan fingerprint density at radius 2 is 1.76 bits per heavy atom. The molecule has 0 aliphatic heterocycles. The summed E-state index contributed by atoms with van der Waals surface area (Å²) in [4.78, 5) is 11.2. The Morgan fingerprint density at radius 3 is 2.14 bits per heavy atom. The molecule has 1 aromatic carbocycles. The molecule has 1 aliphatic carbocycles. The number of halogens is 1. The SMILES string of the molecule is CC(C)(C)c1ccc(C(Br)=CC2C(C(=O)O)C2(C)C)cc1. The van der Waals surface area contributed by atoms with Gasteiger partial charge in [-0.1, -0.05) is 80.9 Å². The highest BCUT2D eigenvalue weighted by Crippen LogP contribution is 2.60. The fourth-order valence-electron chi connectivity index (χ4n) is 2.84. The van der Waals surface area contributed by atoms with Crippen LogP contribution in [0.4, 0.5) is 0 Å². The number of hydrogen-bond donors (Lipinski definition) is 1. The van der Waals surface area contributed by atoms with Gasteiger partial charge in [-0.2, -0.15) is 0 Å². The molecule has 0 amide bonds. The molecule has 0 spiro atoms. The van der Waals surface area contributed by atoms with Crippen molar-refractivity contribution in [1.82, 2.24) is 0 Å². The number of carboxylic acid groups (broad SMARTS) is 1. The van der Waals surface area contributed by atoms with Gasteiger partial charge < -0.3 is 5.11 Å². The standard InChI is InChI=1S/C18H23BrO2/c1-17(2,3)12-8-6-11(7-9-12)14(19)10-13-15(16(20)21)18(13,4)5/h6-10,13,15H,1-5H3,(H,20,21). The second-order valence-electron chi connectivity index (χ2n) is 7.51. The van der Waals surface area contributed by atoms with Crippen LogP contribution in [0.2, 0.25) is 0 Å². The highest BCUT2D eigenvalue weighted by atomic mass is 79.9. The zero-order valence-corrected chi connectivity index (χ0v) is 14.9. The Kier molecular flexibility index (Phi) is 4.09. The molecule has 0 aromatic heterocycles. The van der Waals surface area contributed by atoms with Gasteiger partial charge in [0.15, 0.2) is 0 Å². The van der Waals surface area contributed by atoms with Crippen LogP contribution >= 0.6 is 15.9 Å². The maximum atomic E-state index is 11.2. The van der Waals surface area contributed by atoms with Gasteiger partial charge in [-0.15, -0.1) is 0 Å². The van der Waals surface area contributed by atoms with Gasteiger partial charge in [0, 0.05) is 4.48 Å². The number of rotatable bonds is 3. The Balaban J connectivity index is 2.20. The number of benzene rings is 1. The lowest BCUT2D eigenvalue weighted by Gasteiger charge is -2.19. The molecule has 21 heavy (non-hydrogen) atoms. The quantitative estimate of drug-likeness (QED) is 0.825. The van der Waals surface area contributed by atoms with E-state index in [1.807, 2.05) is 19.9 Å². The number of carboxylic acids is 1. The zero-order valence-electron chi connectivity index (χ0n) is 13.3. The maximum absolute atomic E-state index is 11.2. The summed E-state index contributed by atoms with van der Waals surface area (Å²) in [7, 11) is 0. The van der Waals surface area contributed by atoms with Gasteiger partial charge in [0.05, 0.1) is 5.92 Å². The molecule has 2 atom stereocenters. The van der Waals surface area contributed by atoms with Crippen LogP contribution in [0.1, 0.15) is 45.7 Å². The summed E-state index contributed by atoms with van der Waals surface area (Å²) in [6, 6.07) is 8.45. The van der Waals surface area contributed by atoms with Crippen LogP contribution in [0, 0.1) is 17.3 Å². The van der Waals surface area contributed by atoms with E-state index in [0.29, 0.717) is 0 Å². The lowest BCUT2D eigenvalue weighted by molar-refractivity contribution is -0.139. The third kappa shape index (κ3) is 3.23. The Morgan fingerprint density at radius 1 is 1.24 bits per heavy atom. The number of hydrogen-bond acceptors (Lipinski definition) is 1. The van der Waals surface area contributed by atoms with E-state index < -0.39 is 5.97 Å². The van der Waals surface area contributed by atoms with Crippen LogP contribution in [0.3, 0.4) is 0 Å². The van der Waals surface area contributed by atoms with Gasteiger partial charge in [-0.3, -0.25) is 4.79 Å². The van der Waals surface area contributed by atoms with Gasteiger partial charge in [0.2, 0.25) is 0 Å². The van der Waals surface area contributed by atoms with Crippen LogP contribution < -0.4 is 0 Å². The van der Waals surface area contributed by atoms with E-state index in [1.54, 1.807) is 0 Å². The summed E-state index contributed by atoms with van der Waals surface area (Å²) in [5, 5.41) is 9.22. The Bertz CT molecular complexity index is 576. The molecule has 1 aliphatic rings. The lowest BCUT2D eigenvalue weighted by atomic mass is 9.87. The number of allylic oxidation sites excluding steroid dienone is 1. The first-order valence-electron chi connectivity index (χ1n) is 7.26. The monoisotopic (exact) mass is 350 g/mol. The second-order valence-corrected chi connectivity index (χ2v) is 8.36. The van der Waals surface area contributed by atoms with Crippen LogP contribution in [-0.2, 0) is 10.2 Å². The fourth-order valence-corrected chi connectivity index (χ4v) is 3.39. The molecule has 1 fully saturated rings. The van der Waals surface area contributed by atoms with Crippen molar-refractivity contribution in [3.63, 3.8) is 0 Å². The predicted octanol–water partition coefficient (Wildman–Crippen LogP) is 5.08. The summed E-state index contributed by atoms with van der Waals surface area (Å²) < 4.78 is 0.977. The van der Waals surface area contributed by atoms with Crippen LogP contribution in [0.5, 0.6) is 0 Å². The predicted molar refractivity (Wildman–Crippen MR) is 90.4 cm³/mol. The molecule has 2 nitrogen and oxygen atoms in total. The van der Waals surface area contributed by atoms with Crippen molar-refractivity contribution in [1.29, 1.82) is 0 Å². The molecule has 1 N–H and O–H groups in total. The molecule has 114 valence electrons. The highest BCUT2D eigenvalue weighted by Gasteiger charge is 2.60. The zero-order chi connectivity index (χ0) is 16.0. The third-order valence-electron chi connectivity index (χ3n) is 4.53. The average Bonchev–Trinajstić information content (AvgIpc) is 2.90. The molecule has 0 saturated heterocycles. The van der Waals surface area contributed by atoms with Gasteiger partial charge in [-0.05, 0) is 27.9 Å². The van der Waals surface area contributed by atoms with E-state index in [1.165, 1.54) is 5.56 Å². The van der Waals surface area contributed by atoms with E-state index in [-0.39, 0.29) is 22.7 Å². The first-order chi connectivity index (χ1) is 9.55. The fraction of sp³-hybridized carbons (Fsp3) is 0.500. The Labute approximate surface area is 135 Å². The average molecular weight is 351 g/mol. The summed E-state index contributed by atoms with van der Waals surface area (Å²) in [6.45, 7) is 10.6. The maximum Gasteiger partial charge on any atom is 0.307 e. The Hall–Kier alpha value is -1.09. The largest absolute Gasteiger partial charge is 0.481 e. The van der Waals surface area contributed by atoms with Gasteiger partial charge in [0.1, 0.15) is 0 Å². The molecule has 3 heteroatoms. The third-order valence-corrected chi connectivity index (χ3v) is 5.25. The topological polar surface area (TPSA) is 37.3 Å². The van der Waals surface area contributed by atoms with Gasteiger partial charge >= 0.3 is 5.97 Å². The van der Waals surface area contributed by atoms with E-state index in [2.05, 4.69) is 61.0 Å². The molecule has 0 heterocycles. The summed E-state index contributed by atoms with van der Waals surface area (Å²) in [5.41, 5.74) is 2.37. The van der Waals surface area contributed by atoms with Gasteiger partial charge in [-0.25, -0.2) is 0 Å². The van der Waals surface area contributed by atoms with Crippen molar-refractivity contribution < 1.29 is 9.90 Å². The normalized spacial score (nSPS) is 24.8. The van der Waals surface area contributed by atoms with E-state index >= 15 is 0 Å². The lowest BCUT2D eigenvalue weighted by Crippen LogP contribution is -2.10. The van der Waals surface area contributed by atoms with Crippen LogP contribution in [0.25, 0.3) is 4.48 Å². The molecule has 1 aromatic rings. The molecule has 0 bridgehead atoms. The minimum absolute atomic E-state index is 0.0895. The summed E-state index contributed by atoms with van der Waals surface area (Å²) >= 11 is 3.60. The molecule has 0 radical (unpaired) electrons. The van der Waals surface area contributed by atoms with Crippen LogP contribution in [0.15, 0.2) is 30.3 Å². The number of carbonyl (C=O) groups is 1. The smallest absolute Gasteiger partial charge is 0.307 e. The number of aliphatic carboxylic acids is 1. The van der Waals surface area contributed by atoms with Crippen molar-refractivity contribution >= 4 is 26.4 Å². The highest BCUT2D eigenvalue weighted by molar-refractivity contribution is 9.15. The van der Waals surface area contributed by atoms with E-state index in [9.17, 15) is 9.90 Å². The summed E-state index contributed by atoms with van der Waals surface area (Å²) in [5.74, 6) is -0.893. The first-order valence-corrected chi connectivity index (χ1v) is 8.05. The van der Waals surface area contributed by atoms with Crippen molar-refractivity contribution in [3.05, 3.63) is 41.5 Å². The summed E-state index contributed by atoms with van der Waals surface area (Å²) in [6.07, 6.45) is 2.05.